The van der Waals surface area contributed by atoms with Gasteiger partial charge in [0.05, 0.1) is 5.69 Å². The Labute approximate surface area is 120 Å². The molecule has 0 atom stereocenters. The van der Waals surface area contributed by atoms with Gasteiger partial charge in [-0.3, -0.25) is 14.5 Å². The molecule has 0 aliphatic heterocycles. The van der Waals surface area contributed by atoms with E-state index >= 15 is 0 Å². The monoisotopic (exact) mass is 355 g/mol. The van der Waals surface area contributed by atoms with Crippen molar-refractivity contribution in [3.8, 4) is 0 Å². The number of imide groups is 1. The number of nitrogens with zero attached hydrogens (tertiary/aromatic N) is 1. The van der Waals surface area contributed by atoms with Gasteiger partial charge < -0.3 is 0 Å². The Morgan fingerprint density at radius 2 is 1.61 bits per heavy atom. The molecule has 4 heteroatoms. The van der Waals surface area contributed by atoms with E-state index in [1.807, 2.05) is 24.3 Å². The molecule has 2 aliphatic carbocycles. The first-order valence-electron chi connectivity index (χ1n) is 6.30. The smallest absolute Gasteiger partial charge is 0.236 e. The molecule has 1 aromatic rings. The molecule has 2 fully saturated rings. The minimum Gasteiger partial charge on any atom is -0.274 e. The number of hydrogen-bond donors (Lipinski definition) is 0. The molecule has 0 unspecified atom stereocenters. The van der Waals surface area contributed by atoms with Crippen LogP contribution in [0.1, 0.15) is 25.7 Å². The van der Waals surface area contributed by atoms with E-state index < -0.39 is 0 Å². The van der Waals surface area contributed by atoms with Crippen molar-refractivity contribution in [2.45, 2.75) is 25.7 Å². The highest BCUT2D eigenvalue weighted by Gasteiger charge is 2.42. The number of halogens is 1. The minimum atomic E-state index is -0.00565. The average molecular weight is 355 g/mol. The lowest BCUT2D eigenvalue weighted by Gasteiger charge is -2.21. The van der Waals surface area contributed by atoms with Crippen LogP contribution in [-0.2, 0) is 9.59 Å². The van der Waals surface area contributed by atoms with Crippen molar-refractivity contribution in [2.75, 3.05) is 4.90 Å². The molecule has 18 heavy (non-hydrogen) atoms. The molecular weight excluding hydrogens is 341 g/mol. The molecule has 0 heterocycles. The maximum Gasteiger partial charge on any atom is 0.236 e. The second-order valence-corrected chi connectivity index (χ2v) is 6.29. The number of carbonyl (C=O) groups is 2. The molecule has 2 amide bonds. The van der Waals surface area contributed by atoms with Gasteiger partial charge in [0, 0.05) is 15.4 Å². The number of anilines is 1. The second kappa shape index (κ2) is 4.64. The van der Waals surface area contributed by atoms with Gasteiger partial charge in [-0.15, -0.1) is 0 Å². The first-order valence-corrected chi connectivity index (χ1v) is 7.38. The van der Waals surface area contributed by atoms with Gasteiger partial charge in [-0.2, -0.15) is 0 Å². The fraction of sp³-hybridized carbons (Fsp3) is 0.429. The van der Waals surface area contributed by atoms with E-state index in [1.54, 1.807) is 0 Å². The Balaban J connectivity index is 1.92. The Kier molecular flexibility index (Phi) is 3.13. The van der Waals surface area contributed by atoms with Crippen LogP contribution in [0.15, 0.2) is 24.3 Å². The van der Waals surface area contributed by atoms with Crippen molar-refractivity contribution in [2.24, 2.45) is 11.8 Å². The van der Waals surface area contributed by atoms with E-state index in [2.05, 4.69) is 22.6 Å². The number of hydrogen-bond acceptors (Lipinski definition) is 2. The van der Waals surface area contributed by atoms with Crippen LogP contribution in [0.5, 0.6) is 0 Å². The highest BCUT2D eigenvalue weighted by molar-refractivity contribution is 14.1. The van der Waals surface area contributed by atoms with Crippen molar-refractivity contribution >= 4 is 40.1 Å². The minimum absolute atomic E-state index is 0.00565. The maximum absolute atomic E-state index is 12.3. The van der Waals surface area contributed by atoms with E-state index in [-0.39, 0.29) is 23.7 Å². The van der Waals surface area contributed by atoms with E-state index in [4.69, 9.17) is 0 Å². The van der Waals surface area contributed by atoms with Gasteiger partial charge in [0.1, 0.15) is 0 Å². The molecule has 94 valence electrons. The van der Waals surface area contributed by atoms with Gasteiger partial charge in [0.2, 0.25) is 11.8 Å². The summed E-state index contributed by atoms with van der Waals surface area (Å²) in [6.45, 7) is 0. The summed E-state index contributed by atoms with van der Waals surface area (Å²) in [6, 6.07) is 7.61. The lowest BCUT2D eigenvalue weighted by atomic mass is 10.2. The van der Waals surface area contributed by atoms with Gasteiger partial charge in [-0.25, -0.2) is 0 Å². The maximum atomic E-state index is 12.3. The van der Waals surface area contributed by atoms with Gasteiger partial charge in [0.15, 0.2) is 0 Å². The van der Waals surface area contributed by atoms with E-state index in [9.17, 15) is 9.59 Å². The SMILES string of the molecule is O=C(C1CC1)N(C(=O)C1CC1)c1cccc(I)c1. The zero-order valence-electron chi connectivity index (χ0n) is 9.93. The first-order chi connectivity index (χ1) is 8.66. The number of benzene rings is 1. The molecule has 0 N–H and O–H groups in total. The predicted molar refractivity (Wildman–Crippen MR) is 77.1 cm³/mol. The van der Waals surface area contributed by atoms with Crippen LogP contribution in [0, 0.1) is 15.4 Å². The summed E-state index contributed by atoms with van der Waals surface area (Å²) in [7, 11) is 0. The summed E-state index contributed by atoms with van der Waals surface area (Å²) in [6.07, 6.45) is 3.71. The summed E-state index contributed by atoms with van der Waals surface area (Å²) in [5.41, 5.74) is 0.732. The zero-order valence-corrected chi connectivity index (χ0v) is 12.1. The lowest BCUT2D eigenvalue weighted by Crippen LogP contribution is -2.39. The van der Waals surface area contributed by atoms with E-state index in [1.165, 1.54) is 4.90 Å². The topological polar surface area (TPSA) is 37.4 Å². The van der Waals surface area contributed by atoms with Crippen LogP contribution >= 0.6 is 22.6 Å². The van der Waals surface area contributed by atoms with Crippen molar-refractivity contribution in [1.29, 1.82) is 0 Å². The Morgan fingerprint density at radius 3 is 2.06 bits per heavy atom. The van der Waals surface area contributed by atoms with Crippen LogP contribution in [0.25, 0.3) is 0 Å². The Morgan fingerprint density at radius 1 is 1.06 bits per heavy atom. The predicted octanol–water partition coefficient (Wildman–Crippen LogP) is 2.97. The van der Waals surface area contributed by atoms with Gasteiger partial charge in [-0.1, -0.05) is 6.07 Å². The van der Waals surface area contributed by atoms with Crippen molar-refractivity contribution in [1.82, 2.24) is 0 Å². The molecular formula is C14H14INO2. The van der Waals surface area contributed by atoms with E-state index in [0.717, 1.165) is 34.9 Å². The summed E-state index contributed by atoms with van der Waals surface area (Å²) < 4.78 is 1.04. The molecule has 0 aromatic heterocycles. The highest BCUT2D eigenvalue weighted by atomic mass is 127. The molecule has 1 aromatic carbocycles. The van der Waals surface area contributed by atoms with Crippen molar-refractivity contribution in [3.63, 3.8) is 0 Å². The quantitative estimate of drug-likeness (QED) is 0.618. The van der Waals surface area contributed by atoms with E-state index in [0.29, 0.717) is 0 Å². The van der Waals surface area contributed by atoms with Crippen molar-refractivity contribution < 1.29 is 9.59 Å². The van der Waals surface area contributed by atoms with Crippen LogP contribution in [0.2, 0.25) is 0 Å². The number of carbonyl (C=O) groups excluding carboxylic acids is 2. The molecule has 2 aliphatic rings. The fourth-order valence-electron chi connectivity index (χ4n) is 2.00. The first kappa shape index (κ1) is 12.1. The van der Waals surface area contributed by atoms with Crippen LogP contribution in [0.4, 0.5) is 5.69 Å². The van der Waals surface area contributed by atoms with Crippen LogP contribution in [0.3, 0.4) is 0 Å². The van der Waals surface area contributed by atoms with Gasteiger partial charge in [-0.05, 0) is 66.5 Å². The second-order valence-electron chi connectivity index (χ2n) is 5.04. The lowest BCUT2D eigenvalue weighted by molar-refractivity contribution is -0.127. The molecule has 0 spiro atoms. The number of rotatable bonds is 3. The zero-order chi connectivity index (χ0) is 12.7. The Bertz CT molecular complexity index is 482. The molecule has 0 saturated heterocycles. The van der Waals surface area contributed by atoms with Crippen LogP contribution in [-0.4, -0.2) is 11.8 Å². The molecule has 3 nitrogen and oxygen atoms in total. The fourth-order valence-corrected chi connectivity index (χ4v) is 2.53. The van der Waals surface area contributed by atoms with Crippen molar-refractivity contribution in [3.05, 3.63) is 27.8 Å². The summed E-state index contributed by atoms with van der Waals surface area (Å²) >= 11 is 2.20. The third kappa shape index (κ3) is 2.43. The van der Waals surface area contributed by atoms with Gasteiger partial charge in [0.25, 0.3) is 0 Å². The molecule has 2 saturated carbocycles. The molecule has 3 rings (SSSR count). The number of amides is 2. The summed E-state index contributed by atoms with van der Waals surface area (Å²) in [4.78, 5) is 26.0. The van der Waals surface area contributed by atoms with Gasteiger partial charge >= 0.3 is 0 Å². The molecule has 0 bridgehead atoms. The third-order valence-corrected chi connectivity index (χ3v) is 4.03. The highest BCUT2D eigenvalue weighted by Crippen LogP contribution is 2.37. The summed E-state index contributed by atoms with van der Waals surface area (Å²) in [5.74, 6) is 0.138. The Hall–Kier alpha value is -0.910. The van der Waals surface area contributed by atoms with Crippen LogP contribution < -0.4 is 4.90 Å². The standard InChI is InChI=1S/C14H14INO2/c15-11-2-1-3-12(8-11)16(13(17)9-4-5-9)14(18)10-6-7-10/h1-3,8-10H,4-7H2. The largest absolute Gasteiger partial charge is 0.274 e. The third-order valence-electron chi connectivity index (χ3n) is 3.36. The summed E-state index contributed by atoms with van der Waals surface area (Å²) in [5, 5.41) is 0. The normalized spacial score (nSPS) is 18.5. The average Bonchev–Trinajstić information content (AvgIpc) is 3.19. The molecule has 0 radical (unpaired) electrons.